The number of allylic oxidation sites excluding steroid dienone is 2. The van der Waals surface area contributed by atoms with Crippen LogP contribution in [0.1, 0.15) is 16.8 Å². The molecule has 1 aliphatic rings. The fourth-order valence-electron chi connectivity index (χ4n) is 2.98. The van der Waals surface area contributed by atoms with E-state index in [0.717, 1.165) is 5.70 Å². The Kier molecular flexibility index (Phi) is 5.74. The first-order valence-electron chi connectivity index (χ1n) is 8.36. The lowest BCUT2D eigenvalue weighted by Crippen LogP contribution is -2.43. The minimum absolute atomic E-state index is 0.00872. The Bertz CT molecular complexity index is 889. The maximum Gasteiger partial charge on any atom is 0.204 e. The molecule has 8 heteroatoms. The van der Waals surface area contributed by atoms with E-state index >= 15 is 0 Å². The number of nitrogens with one attached hydrogen (secondary N) is 1. The van der Waals surface area contributed by atoms with Crippen LogP contribution in [-0.4, -0.2) is 36.7 Å². The van der Waals surface area contributed by atoms with Crippen molar-refractivity contribution in [1.29, 1.82) is 0 Å². The van der Waals surface area contributed by atoms with Crippen molar-refractivity contribution in [2.75, 3.05) is 20.2 Å². The number of rotatable bonds is 7. The van der Waals surface area contributed by atoms with Crippen molar-refractivity contribution in [2.24, 2.45) is 5.73 Å². The van der Waals surface area contributed by atoms with Crippen molar-refractivity contribution < 1.29 is 18.4 Å². The molecular formula is C19H19ClFN3O3. The molecule has 6 nitrogen and oxygen atoms in total. The van der Waals surface area contributed by atoms with Crippen molar-refractivity contribution in [3.63, 3.8) is 0 Å². The van der Waals surface area contributed by atoms with Gasteiger partial charge in [-0.2, -0.15) is 0 Å². The van der Waals surface area contributed by atoms with Gasteiger partial charge >= 0.3 is 0 Å². The zero-order chi connectivity index (χ0) is 19.4. The number of halogens is 2. The average Bonchev–Trinajstić information content (AvgIpc) is 3.15. The number of nitrogens with zero attached hydrogens (tertiary/aromatic N) is 1. The normalized spacial score (nSPS) is 19.0. The van der Waals surface area contributed by atoms with Crippen LogP contribution in [0.25, 0.3) is 11.3 Å². The molecule has 0 fully saturated rings. The van der Waals surface area contributed by atoms with Crippen molar-refractivity contribution >= 4 is 17.4 Å². The van der Waals surface area contributed by atoms with E-state index in [9.17, 15) is 9.18 Å². The highest BCUT2D eigenvalue weighted by Gasteiger charge is 2.42. The Hall–Kier alpha value is -2.48. The molecule has 0 saturated carbocycles. The number of ketones is 1. The van der Waals surface area contributed by atoms with E-state index in [1.54, 1.807) is 19.2 Å². The minimum Gasteiger partial charge on any atom is -0.391 e. The first-order chi connectivity index (χ1) is 13.0. The van der Waals surface area contributed by atoms with Gasteiger partial charge in [0.15, 0.2) is 5.60 Å². The van der Waals surface area contributed by atoms with Crippen LogP contribution in [0, 0.1) is 5.82 Å². The highest BCUT2D eigenvalue weighted by atomic mass is 35.5. The molecule has 0 aliphatic heterocycles. The summed E-state index contributed by atoms with van der Waals surface area (Å²) in [4.78, 5) is 13.4. The summed E-state index contributed by atoms with van der Waals surface area (Å²) in [6.45, 7) is 0.422. The van der Waals surface area contributed by atoms with Gasteiger partial charge < -0.3 is 20.3 Å². The summed E-state index contributed by atoms with van der Waals surface area (Å²) in [6.07, 6.45) is 6.69. The lowest BCUT2D eigenvalue weighted by Gasteiger charge is -2.32. The molecule has 1 atom stereocenters. The number of hydrogen-bond acceptors (Lipinski definition) is 6. The van der Waals surface area contributed by atoms with Crippen molar-refractivity contribution in [2.45, 2.75) is 12.0 Å². The second kappa shape index (κ2) is 8.04. The summed E-state index contributed by atoms with van der Waals surface area (Å²) < 4.78 is 25.2. The number of Topliss-reactive ketones (excluding diaryl/α,β-unsaturated/α-hetero) is 1. The van der Waals surface area contributed by atoms with E-state index in [4.69, 9.17) is 26.6 Å². The Labute approximate surface area is 160 Å². The van der Waals surface area contributed by atoms with Crippen LogP contribution in [0.2, 0.25) is 5.02 Å². The van der Waals surface area contributed by atoms with Crippen LogP contribution in [-0.2, 0) is 4.74 Å². The molecule has 2 aromatic rings. The van der Waals surface area contributed by atoms with Gasteiger partial charge in [0.05, 0.1) is 22.8 Å². The Morgan fingerprint density at radius 3 is 3.04 bits per heavy atom. The molecule has 0 radical (unpaired) electrons. The lowest BCUT2D eigenvalue weighted by molar-refractivity contribution is 0.00398. The van der Waals surface area contributed by atoms with Crippen LogP contribution < -0.4 is 11.1 Å². The van der Waals surface area contributed by atoms with Crippen LogP contribution in [0.3, 0.4) is 0 Å². The van der Waals surface area contributed by atoms with E-state index in [0.29, 0.717) is 0 Å². The van der Waals surface area contributed by atoms with Gasteiger partial charge in [-0.25, -0.2) is 4.39 Å². The third-order valence-electron chi connectivity index (χ3n) is 4.31. The zero-order valence-corrected chi connectivity index (χ0v) is 15.4. The largest absolute Gasteiger partial charge is 0.391 e. The quantitative estimate of drug-likeness (QED) is 0.705. The fraction of sp³-hybridized carbons (Fsp3) is 0.263. The first kappa shape index (κ1) is 19.3. The maximum atomic E-state index is 14.4. The third kappa shape index (κ3) is 3.66. The maximum absolute atomic E-state index is 14.4. The van der Waals surface area contributed by atoms with E-state index in [1.165, 1.54) is 24.5 Å². The Morgan fingerprint density at radius 1 is 1.52 bits per heavy atom. The zero-order valence-electron chi connectivity index (χ0n) is 14.7. The predicted molar refractivity (Wildman–Crippen MR) is 99.9 cm³/mol. The molecular weight excluding hydrogens is 373 g/mol. The second-order valence-electron chi connectivity index (χ2n) is 6.01. The van der Waals surface area contributed by atoms with Crippen LogP contribution in [0.5, 0.6) is 0 Å². The molecule has 1 unspecified atom stereocenters. The van der Waals surface area contributed by atoms with Gasteiger partial charge in [0.25, 0.3) is 0 Å². The van der Waals surface area contributed by atoms with Gasteiger partial charge in [-0.3, -0.25) is 4.79 Å². The molecule has 142 valence electrons. The number of ether oxygens (including phenoxy) is 1. The van der Waals surface area contributed by atoms with Gasteiger partial charge in [-0.05, 0) is 24.3 Å². The molecule has 0 spiro atoms. The summed E-state index contributed by atoms with van der Waals surface area (Å²) in [5.41, 5.74) is 5.20. The Balaban J connectivity index is 2.06. The molecule has 0 bridgehead atoms. The summed E-state index contributed by atoms with van der Waals surface area (Å²) in [5, 5.41) is 6.98. The standard InChI is InChI=1S/C19H19ClFN3O3/c1-23-12-4-3-7-19(10-12,26-9-8-22)18(25)13-11-27-24-17(13)16-14(20)5-2-6-15(16)21/h2-7,11,23H,8-10,22H2,1H3. The van der Waals surface area contributed by atoms with Crippen molar-refractivity contribution in [3.05, 3.63) is 64.8 Å². The monoisotopic (exact) mass is 391 g/mol. The van der Waals surface area contributed by atoms with Crippen LogP contribution in [0.15, 0.2) is 52.9 Å². The average molecular weight is 392 g/mol. The number of carbonyl (C=O) groups is 1. The predicted octanol–water partition coefficient (Wildman–Crippen LogP) is 3.09. The van der Waals surface area contributed by atoms with E-state index in [2.05, 4.69) is 10.5 Å². The summed E-state index contributed by atoms with van der Waals surface area (Å²) in [6, 6.07) is 4.24. The van der Waals surface area contributed by atoms with E-state index in [1.807, 2.05) is 6.08 Å². The summed E-state index contributed by atoms with van der Waals surface area (Å²) >= 11 is 6.13. The second-order valence-corrected chi connectivity index (χ2v) is 6.41. The summed E-state index contributed by atoms with van der Waals surface area (Å²) in [7, 11) is 1.76. The van der Waals surface area contributed by atoms with Gasteiger partial charge in [-0.1, -0.05) is 28.9 Å². The number of carbonyl (C=O) groups excluding carboxylic acids is 1. The van der Waals surface area contributed by atoms with Crippen molar-refractivity contribution in [3.8, 4) is 11.3 Å². The lowest BCUT2D eigenvalue weighted by atomic mass is 9.84. The van der Waals surface area contributed by atoms with Crippen LogP contribution in [0.4, 0.5) is 4.39 Å². The summed E-state index contributed by atoms with van der Waals surface area (Å²) in [5.74, 6) is -1.01. The molecule has 1 aromatic heterocycles. The third-order valence-corrected chi connectivity index (χ3v) is 4.63. The molecule has 1 aromatic carbocycles. The highest BCUT2D eigenvalue weighted by molar-refractivity contribution is 6.33. The number of benzene rings is 1. The topological polar surface area (TPSA) is 90.4 Å². The van der Waals surface area contributed by atoms with Gasteiger partial charge in [0, 0.05) is 25.7 Å². The molecule has 27 heavy (non-hydrogen) atoms. The first-order valence-corrected chi connectivity index (χ1v) is 8.74. The molecule has 1 aliphatic carbocycles. The fourth-order valence-corrected chi connectivity index (χ4v) is 3.24. The smallest absolute Gasteiger partial charge is 0.204 e. The number of hydrogen-bond donors (Lipinski definition) is 2. The molecule has 3 rings (SSSR count). The van der Waals surface area contributed by atoms with Gasteiger partial charge in [0.1, 0.15) is 17.8 Å². The molecule has 0 amide bonds. The number of nitrogens with two attached hydrogens (primary N) is 1. The minimum atomic E-state index is -1.30. The molecule has 1 heterocycles. The number of aromatic nitrogens is 1. The van der Waals surface area contributed by atoms with Gasteiger partial charge in [-0.15, -0.1) is 0 Å². The van der Waals surface area contributed by atoms with E-state index in [-0.39, 0.29) is 41.4 Å². The van der Waals surface area contributed by atoms with Crippen molar-refractivity contribution in [1.82, 2.24) is 10.5 Å². The Morgan fingerprint density at radius 2 is 2.33 bits per heavy atom. The molecule has 3 N–H and O–H groups in total. The van der Waals surface area contributed by atoms with Gasteiger partial charge in [0.2, 0.25) is 5.78 Å². The van der Waals surface area contributed by atoms with E-state index < -0.39 is 17.2 Å². The molecule has 0 saturated heterocycles. The van der Waals surface area contributed by atoms with Crippen LogP contribution >= 0.6 is 11.6 Å². The highest BCUT2D eigenvalue weighted by Crippen LogP contribution is 2.36. The SMILES string of the molecule is CNC1=CC=CC(OCCN)(C(=O)c2conc2-c2c(F)cccc2Cl)C1.